The number of hydrogen-bond acceptors (Lipinski definition) is 5. The molecule has 4 heterocycles. The summed E-state index contributed by atoms with van der Waals surface area (Å²) in [4.78, 5) is 33.0. The third-order valence-corrected chi connectivity index (χ3v) is 7.43. The summed E-state index contributed by atoms with van der Waals surface area (Å²) in [6.45, 7) is 3.20. The van der Waals surface area contributed by atoms with Crippen molar-refractivity contribution in [3.63, 3.8) is 0 Å². The monoisotopic (exact) mass is 467 g/mol. The fraction of sp³-hybridized carbons (Fsp3) is 0.360. The zero-order valence-corrected chi connectivity index (χ0v) is 19.1. The minimum absolute atomic E-state index is 0.0439. The molecule has 1 fully saturated rings. The first-order valence-corrected chi connectivity index (χ1v) is 12.1. The van der Waals surface area contributed by atoms with Gasteiger partial charge in [0.1, 0.15) is 5.82 Å². The smallest absolute Gasteiger partial charge is 0.289 e. The van der Waals surface area contributed by atoms with Crippen molar-refractivity contribution in [1.82, 2.24) is 14.7 Å². The molecule has 1 aromatic carbocycles. The molecule has 0 aliphatic carbocycles. The molecule has 6 nitrogen and oxygen atoms in total. The minimum atomic E-state index is -0.269. The molecule has 0 saturated carbocycles. The fourth-order valence-electron chi connectivity index (χ4n) is 4.81. The average Bonchev–Trinajstić information content (AvgIpc) is 3.46. The highest BCUT2D eigenvalue weighted by Gasteiger charge is 2.32. The Bertz CT molecular complexity index is 1130. The number of amides is 2. The van der Waals surface area contributed by atoms with E-state index in [0.717, 1.165) is 30.5 Å². The number of carbonyl (C=O) groups is 2. The lowest BCUT2D eigenvalue weighted by Crippen LogP contribution is -2.45. The van der Waals surface area contributed by atoms with E-state index in [0.29, 0.717) is 31.9 Å². The van der Waals surface area contributed by atoms with Gasteiger partial charge in [0.15, 0.2) is 5.76 Å². The number of thiophene rings is 1. The second kappa shape index (κ2) is 9.49. The van der Waals surface area contributed by atoms with Crippen LogP contribution in [0.4, 0.5) is 4.39 Å². The van der Waals surface area contributed by atoms with Crippen molar-refractivity contribution < 1.29 is 18.4 Å². The summed E-state index contributed by atoms with van der Waals surface area (Å²) < 4.78 is 19.3. The third-order valence-electron chi connectivity index (χ3n) is 6.44. The van der Waals surface area contributed by atoms with E-state index in [1.807, 2.05) is 11.0 Å². The predicted molar refractivity (Wildman–Crippen MR) is 124 cm³/mol. The van der Waals surface area contributed by atoms with Crippen LogP contribution in [0.25, 0.3) is 0 Å². The van der Waals surface area contributed by atoms with Crippen molar-refractivity contribution in [2.75, 3.05) is 39.3 Å². The van der Waals surface area contributed by atoms with Gasteiger partial charge in [-0.15, -0.1) is 11.3 Å². The van der Waals surface area contributed by atoms with E-state index in [9.17, 15) is 14.0 Å². The van der Waals surface area contributed by atoms with E-state index in [2.05, 4.69) is 16.3 Å². The van der Waals surface area contributed by atoms with Crippen molar-refractivity contribution in [3.8, 4) is 0 Å². The zero-order chi connectivity index (χ0) is 22.8. The summed E-state index contributed by atoms with van der Waals surface area (Å²) in [5.74, 6) is -0.0357. The topological polar surface area (TPSA) is 57.0 Å². The number of nitrogens with zero attached hydrogens (tertiary/aromatic N) is 3. The molecule has 33 heavy (non-hydrogen) atoms. The molecular weight excluding hydrogens is 441 g/mol. The second-order valence-corrected chi connectivity index (χ2v) is 9.48. The van der Waals surface area contributed by atoms with Gasteiger partial charge in [0.2, 0.25) is 5.91 Å². The molecule has 2 amide bonds. The van der Waals surface area contributed by atoms with Crippen LogP contribution in [0.5, 0.6) is 0 Å². The van der Waals surface area contributed by atoms with Gasteiger partial charge in [0, 0.05) is 37.6 Å². The van der Waals surface area contributed by atoms with Gasteiger partial charge in [-0.25, -0.2) is 4.39 Å². The summed E-state index contributed by atoms with van der Waals surface area (Å²) in [5, 5.41) is 2.07. The van der Waals surface area contributed by atoms with Crippen molar-refractivity contribution in [1.29, 1.82) is 0 Å². The quantitative estimate of drug-likeness (QED) is 0.586. The number of fused-ring (bicyclic) bond motifs is 1. The molecule has 172 valence electrons. The van der Waals surface area contributed by atoms with E-state index < -0.39 is 0 Å². The molecule has 2 aliphatic heterocycles. The normalized spacial score (nSPS) is 19.2. The highest BCUT2D eigenvalue weighted by Crippen LogP contribution is 2.37. The molecule has 1 saturated heterocycles. The maximum absolute atomic E-state index is 14.0. The van der Waals surface area contributed by atoms with Gasteiger partial charge >= 0.3 is 0 Å². The lowest BCUT2D eigenvalue weighted by atomic mass is 9.93. The Hall–Kier alpha value is -2.97. The lowest BCUT2D eigenvalue weighted by molar-refractivity contribution is -0.132. The summed E-state index contributed by atoms with van der Waals surface area (Å²) in [6, 6.07) is 12.0. The van der Waals surface area contributed by atoms with E-state index >= 15 is 0 Å². The summed E-state index contributed by atoms with van der Waals surface area (Å²) >= 11 is 1.72. The Morgan fingerprint density at radius 3 is 2.70 bits per heavy atom. The van der Waals surface area contributed by atoms with Crippen molar-refractivity contribution in [2.45, 2.75) is 18.9 Å². The van der Waals surface area contributed by atoms with Gasteiger partial charge in [0.05, 0.1) is 18.8 Å². The highest BCUT2D eigenvalue weighted by molar-refractivity contribution is 7.10. The standard InChI is InChI=1S/C25H26FN3O3S/c26-19-5-1-4-18(16-19)24-20-8-15-33-22(20)7-11-29(24)17-23(30)27-9-3-10-28(13-12-27)25(31)21-6-2-14-32-21/h1-2,4-6,8,14-16,24H,3,7,9-13,17H2/t24-/m1/s1. The van der Waals surface area contributed by atoms with Crippen LogP contribution in [-0.2, 0) is 11.2 Å². The molecule has 8 heteroatoms. The van der Waals surface area contributed by atoms with Gasteiger partial charge in [-0.2, -0.15) is 0 Å². The Labute approximate surface area is 196 Å². The molecule has 0 N–H and O–H groups in total. The second-order valence-electron chi connectivity index (χ2n) is 8.48. The number of hydrogen-bond donors (Lipinski definition) is 0. The van der Waals surface area contributed by atoms with Crippen LogP contribution < -0.4 is 0 Å². The van der Waals surface area contributed by atoms with E-state index in [4.69, 9.17) is 4.42 Å². The highest BCUT2D eigenvalue weighted by atomic mass is 32.1. The first-order chi connectivity index (χ1) is 16.1. The number of rotatable bonds is 4. The van der Waals surface area contributed by atoms with Crippen LogP contribution in [0, 0.1) is 5.82 Å². The molecule has 1 atom stereocenters. The van der Waals surface area contributed by atoms with Crippen LogP contribution in [0.3, 0.4) is 0 Å². The van der Waals surface area contributed by atoms with Crippen LogP contribution in [-0.4, -0.2) is 65.8 Å². The van der Waals surface area contributed by atoms with Crippen LogP contribution in [0.2, 0.25) is 0 Å². The van der Waals surface area contributed by atoms with Crippen LogP contribution >= 0.6 is 11.3 Å². The summed E-state index contributed by atoms with van der Waals surface area (Å²) in [6.07, 6.45) is 3.10. The molecule has 0 unspecified atom stereocenters. The summed E-state index contributed by atoms with van der Waals surface area (Å²) in [5.41, 5.74) is 2.03. The SMILES string of the molecule is O=C(CN1CCc2sccc2[C@H]1c1cccc(F)c1)N1CCCN(C(=O)c2ccco2)CC1. The van der Waals surface area contributed by atoms with E-state index in [1.54, 1.807) is 40.5 Å². The predicted octanol–water partition coefficient (Wildman–Crippen LogP) is 3.80. The van der Waals surface area contributed by atoms with Crippen LogP contribution in [0.1, 0.15) is 39.0 Å². The van der Waals surface area contributed by atoms with Gasteiger partial charge in [0.25, 0.3) is 5.91 Å². The molecule has 2 aromatic heterocycles. The van der Waals surface area contributed by atoms with E-state index in [1.165, 1.54) is 17.2 Å². The maximum atomic E-state index is 14.0. The van der Waals surface area contributed by atoms with E-state index in [-0.39, 0.29) is 30.2 Å². The summed E-state index contributed by atoms with van der Waals surface area (Å²) in [7, 11) is 0. The molecule has 0 radical (unpaired) electrons. The van der Waals surface area contributed by atoms with Gasteiger partial charge in [-0.1, -0.05) is 12.1 Å². The number of furan rings is 1. The molecule has 5 rings (SSSR count). The molecule has 0 bridgehead atoms. The van der Waals surface area contributed by atoms with Crippen molar-refractivity contribution >= 4 is 23.2 Å². The Kier molecular flexibility index (Phi) is 6.28. The molecule has 0 spiro atoms. The first-order valence-electron chi connectivity index (χ1n) is 11.3. The van der Waals surface area contributed by atoms with Crippen LogP contribution in [0.15, 0.2) is 58.5 Å². The lowest BCUT2D eigenvalue weighted by Gasteiger charge is -2.37. The largest absolute Gasteiger partial charge is 0.459 e. The Morgan fingerprint density at radius 2 is 1.88 bits per heavy atom. The third kappa shape index (κ3) is 4.58. The zero-order valence-electron chi connectivity index (χ0n) is 18.3. The average molecular weight is 468 g/mol. The molecule has 2 aliphatic rings. The van der Waals surface area contributed by atoms with Gasteiger partial charge < -0.3 is 14.2 Å². The molecule has 3 aromatic rings. The van der Waals surface area contributed by atoms with Gasteiger partial charge in [-0.05, 0) is 59.7 Å². The minimum Gasteiger partial charge on any atom is -0.459 e. The number of halogens is 1. The fourth-order valence-corrected chi connectivity index (χ4v) is 5.71. The Balaban J connectivity index is 1.29. The van der Waals surface area contributed by atoms with Crippen molar-refractivity contribution in [2.24, 2.45) is 0 Å². The number of benzene rings is 1. The van der Waals surface area contributed by atoms with Crippen molar-refractivity contribution in [3.05, 3.63) is 81.7 Å². The first kappa shape index (κ1) is 21.9. The Morgan fingerprint density at radius 1 is 1.03 bits per heavy atom. The molecular formula is C25H26FN3O3S. The van der Waals surface area contributed by atoms with Gasteiger partial charge in [-0.3, -0.25) is 14.5 Å². The maximum Gasteiger partial charge on any atom is 0.289 e. The number of carbonyl (C=O) groups excluding carboxylic acids is 2.